The molecule has 0 bridgehead atoms. The van der Waals surface area contributed by atoms with Crippen LogP contribution in [0, 0.1) is 0 Å². The molecule has 1 aromatic carbocycles. The number of benzene rings is 1. The highest BCUT2D eigenvalue weighted by molar-refractivity contribution is 6.31. The Kier molecular flexibility index (Phi) is 5.73. The van der Waals surface area contributed by atoms with Crippen molar-refractivity contribution in [2.24, 2.45) is 0 Å². The Labute approximate surface area is 184 Å². The second-order valence-corrected chi connectivity index (χ2v) is 10.9. The van der Waals surface area contributed by atoms with Crippen molar-refractivity contribution in [2.75, 3.05) is 6.61 Å². The molecule has 2 fully saturated rings. The van der Waals surface area contributed by atoms with Crippen molar-refractivity contribution in [3.8, 4) is 0 Å². The SMILES string of the molecule is CC(C)(C)OC(=O)N1[C@@H](c2ccc(Cl)c(C3OC(C)(C)C(C)(C)O3)c2)COC1(C)C. The van der Waals surface area contributed by atoms with Crippen molar-refractivity contribution in [2.45, 2.75) is 97.2 Å². The summed E-state index contributed by atoms with van der Waals surface area (Å²) in [6.45, 7) is 17.6. The lowest BCUT2D eigenvalue weighted by Crippen LogP contribution is -2.47. The summed E-state index contributed by atoms with van der Waals surface area (Å²) in [5.74, 6) is 0. The fourth-order valence-electron chi connectivity index (χ4n) is 3.63. The Hall–Kier alpha value is -1.34. The maximum atomic E-state index is 13.0. The minimum atomic E-state index is -0.795. The van der Waals surface area contributed by atoms with Gasteiger partial charge in [-0.3, -0.25) is 4.90 Å². The fraction of sp³-hybridized carbons (Fsp3) is 0.696. The smallest absolute Gasteiger partial charge is 0.413 e. The molecule has 1 aromatic rings. The first-order valence-electron chi connectivity index (χ1n) is 10.4. The molecule has 2 saturated heterocycles. The number of nitrogens with zero attached hydrogens (tertiary/aromatic N) is 1. The number of carbonyl (C=O) groups is 1. The van der Waals surface area contributed by atoms with Gasteiger partial charge in [0.25, 0.3) is 0 Å². The van der Waals surface area contributed by atoms with Crippen molar-refractivity contribution in [3.63, 3.8) is 0 Å². The van der Waals surface area contributed by atoms with Crippen LogP contribution >= 0.6 is 11.6 Å². The number of rotatable bonds is 2. The molecule has 0 spiro atoms. The first-order valence-corrected chi connectivity index (χ1v) is 10.7. The molecule has 168 valence electrons. The van der Waals surface area contributed by atoms with E-state index in [1.165, 1.54) is 0 Å². The number of carbonyl (C=O) groups excluding carboxylic acids is 1. The quantitative estimate of drug-likeness (QED) is 0.566. The number of ether oxygens (including phenoxy) is 4. The van der Waals surface area contributed by atoms with E-state index in [9.17, 15) is 4.79 Å². The Morgan fingerprint density at radius 1 is 1.10 bits per heavy atom. The van der Waals surface area contributed by atoms with E-state index in [0.717, 1.165) is 11.1 Å². The highest BCUT2D eigenvalue weighted by Gasteiger charge is 2.50. The van der Waals surface area contributed by atoms with Crippen molar-refractivity contribution in [1.82, 2.24) is 4.90 Å². The largest absolute Gasteiger partial charge is 0.444 e. The maximum Gasteiger partial charge on any atom is 0.413 e. The van der Waals surface area contributed by atoms with E-state index >= 15 is 0 Å². The molecule has 7 heteroatoms. The molecule has 2 heterocycles. The van der Waals surface area contributed by atoms with Crippen LogP contribution in [-0.2, 0) is 18.9 Å². The Bertz CT molecular complexity index is 811. The molecule has 2 aliphatic rings. The lowest BCUT2D eigenvalue weighted by Gasteiger charge is -2.35. The molecule has 0 aromatic heterocycles. The van der Waals surface area contributed by atoms with Crippen LogP contribution in [0.4, 0.5) is 4.79 Å². The highest BCUT2D eigenvalue weighted by atomic mass is 35.5. The maximum absolute atomic E-state index is 13.0. The first-order chi connectivity index (χ1) is 13.5. The molecule has 2 aliphatic heterocycles. The van der Waals surface area contributed by atoms with Gasteiger partial charge in [0.15, 0.2) is 6.29 Å². The van der Waals surface area contributed by atoms with Gasteiger partial charge in [0.05, 0.1) is 23.9 Å². The van der Waals surface area contributed by atoms with Gasteiger partial charge in [0.2, 0.25) is 0 Å². The highest BCUT2D eigenvalue weighted by Crippen LogP contribution is 2.47. The van der Waals surface area contributed by atoms with Gasteiger partial charge in [-0.1, -0.05) is 17.7 Å². The average Bonchev–Trinajstić information content (AvgIpc) is 2.98. The molecule has 30 heavy (non-hydrogen) atoms. The minimum absolute atomic E-state index is 0.312. The molecule has 6 nitrogen and oxygen atoms in total. The normalized spacial score (nSPS) is 25.5. The lowest BCUT2D eigenvalue weighted by molar-refractivity contribution is -0.0895. The van der Waals surface area contributed by atoms with Crippen molar-refractivity contribution in [3.05, 3.63) is 34.3 Å². The van der Waals surface area contributed by atoms with Gasteiger partial charge in [0.1, 0.15) is 11.3 Å². The Morgan fingerprint density at radius 2 is 1.67 bits per heavy atom. The minimum Gasteiger partial charge on any atom is -0.444 e. The van der Waals surface area contributed by atoms with Crippen LogP contribution in [0.5, 0.6) is 0 Å². The van der Waals surface area contributed by atoms with Gasteiger partial charge in [0, 0.05) is 10.6 Å². The molecule has 0 saturated carbocycles. The molecule has 0 aliphatic carbocycles. The molecule has 1 atom stereocenters. The zero-order valence-electron chi connectivity index (χ0n) is 19.5. The number of amides is 1. The molecule has 0 unspecified atom stereocenters. The van der Waals surface area contributed by atoms with Crippen LogP contribution in [0.15, 0.2) is 18.2 Å². The summed E-state index contributed by atoms with van der Waals surface area (Å²) in [4.78, 5) is 14.6. The van der Waals surface area contributed by atoms with Crippen LogP contribution in [0.2, 0.25) is 5.02 Å². The number of hydrogen-bond acceptors (Lipinski definition) is 5. The van der Waals surface area contributed by atoms with E-state index < -0.39 is 34.9 Å². The van der Waals surface area contributed by atoms with E-state index in [1.54, 1.807) is 4.90 Å². The van der Waals surface area contributed by atoms with Crippen LogP contribution in [0.25, 0.3) is 0 Å². The van der Waals surface area contributed by atoms with Gasteiger partial charge in [-0.15, -0.1) is 0 Å². The van der Waals surface area contributed by atoms with E-state index in [4.69, 9.17) is 30.5 Å². The van der Waals surface area contributed by atoms with E-state index in [1.807, 2.05) is 80.5 Å². The predicted octanol–water partition coefficient (Wildman–Crippen LogP) is 5.99. The van der Waals surface area contributed by atoms with Crippen molar-refractivity contribution >= 4 is 17.7 Å². The second kappa shape index (κ2) is 7.37. The van der Waals surface area contributed by atoms with Gasteiger partial charge in [-0.25, -0.2) is 4.79 Å². The summed E-state index contributed by atoms with van der Waals surface area (Å²) in [5.41, 5.74) is -0.719. The van der Waals surface area contributed by atoms with Gasteiger partial charge >= 0.3 is 6.09 Å². The fourth-order valence-corrected chi connectivity index (χ4v) is 3.83. The third-order valence-electron chi connectivity index (χ3n) is 5.99. The van der Waals surface area contributed by atoms with E-state index in [2.05, 4.69) is 0 Å². The number of halogens is 1. The predicted molar refractivity (Wildman–Crippen MR) is 115 cm³/mol. The lowest BCUT2D eigenvalue weighted by atomic mass is 9.90. The third kappa shape index (κ3) is 4.33. The Balaban J connectivity index is 1.94. The zero-order chi connectivity index (χ0) is 22.7. The monoisotopic (exact) mass is 439 g/mol. The van der Waals surface area contributed by atoms with Crippen LogP contribution < -0.4 is 0 Å². The summed E-state index contributed by atoms with van der Waals surface area (Å²) in [6, 6.07) is 5.35. The van der Waals surface area contributed by atoms with Crippen molar-refractivity contribution < 1.29 is 23.7 Å². The van der Waals surface area contributed by atoms with Crippen molar-refractivity contribution in [1.29, 1.82) is 0 Å². The molecule has 0 N–H and O–H groups in total. The second-order valence-electron chi connectivity index (χ2n) is 10.5. The number of hydrogen-bond donors (Lipinski definition) is 0. The zero-order valence-corrected chi connectivity index (χ0v) is 20.2. The van der Waals surface area contributed by atoms with Crippen LogP contribution in [-0.4, -0.2) is 40.1 Å². The van der Waals surface area contributed by atoms with E-state index in [0.29, 0.717) is 11.6 Å². The summed E-state index contributed by atoms with van der Waals surface area (Å²) in [7, 11) is 0. The third-order valence-corrected chi connectivity index (χ3v) is 6.33. The summed E-state index contributed by atoms with van der Waals surface area (Å²) >= 11 is 6.51. The van der Waals surface area contributed by atoms with E-state index in [-0.39, 0.29) is 6.04 Å². The summed E-state index contributed by atoms with van der Waals surface area (Å²) in [5, 5.41) is 0.555. The first kappa shape index (κ1) is 23.3. The molecular weight excluding hydrogens is 406 g/mol. The standard InChI is InChI=1S/C23H34ClNO5/c1-20(2,3)30-19(26)25-17(13-27-23(25,8)9)14-10-11-16(24)15(12-14)18-28-21(4,5)22(6,7)29-18/h10-12,17-18H,13H2,1-9H3/t17-/m1/s1. The molecule has 3 rings (SSSR count). The topological polar surface area (TPSA) is 57.2 Å². The van der Waals surface area contributed by atoms with Crippen LogP contribution in [0.3, 0.4) is 0 Å². The molecule has 1 amide bonds. The van der Waals surface area contributed by atoms with Gasteiger partial charge in [-0.2, -0.15) is 0 Å². The molecular formula is C23H34ClNO5. The molecule has 0 radical (unpaired) electrons. The average molecular weight is 440 g/mol. The summed E-state index contributed by atoms with van der Waals surface area (Å²) in [6.07, 6.45) is -1.00. The van der Waals surface area contributed by atoms with Gasteiger partial charge < -0.3 is 18.9 Å². The van der Waals surface area contributed by atoms with Crippen LogP contribution in [0.1, 0.15) is 85.8 Å². The van der Waals surface area contributed by atoms with Gasteiger partial charge in [-0.05, 0) is 80.0 Å². The summed E-state index contributed by atoms with van der Waals surface area (Å²) < 4.78 is 24.0. The Morgan fingerprint density at radius 3 is 2.20 bits per heavy atom.